The molecule has 18 nitrogen and oxygen atoms in total. The second-order valence-electron chi connectivity index (χ2n) is 18.4. The Bertz CT molecular complexity index is 1430. The maximum absolute atomic E-state index is 13.7. The molecule has 0 aromatic heterocycles. The first-order valence-corrected chi connectivity index (χ1v) is 24.5. The number of carboxylic acid groups (broad SMARTS) is 1. The minimum Gasteiger partial charge on any atom is -0.480 e. The third-order valence-electron chi connectivity index (χ3n) is 11.3. The highest BCUT2D eigenvalue weighted by molar-refractivity contribution is 5.96. The van der Waals surface area contributed by atoms with Gasteiger partial charge < -0.3 is 53.6 Å². The Morgan fingerprint density at radius 2 is 1.00 bits per heavy atom. The first-order chi connectivity index (χ1) is 30.9. The number of aliphatic carboxylic acids is 1. The Labute approximate surface area is 389 Å². The summed E-state index contributed by atoms with van der Waals surface area (Å²) in [6.07, 6.45) is 19.4. The fraction of sp³-hybridized carbons (Fsp3) is 0.830. The van der Waals surface area contributed by atoms with E-state index < -0.39 is 84.8 Å². The molecule has 0 aliphatic carbocycles. The molecular weight excluding hydrogens is 835 g/mol. The molecule has 0 fully saturated rings. The van der Waals surface area contributed by atoms with Crippen molar-refractivity contribution in [2.24, 2.45) is 34.2 Å². The molecule has 0 aromatic carbocycles. The summed E-state index contributed by atoms with van der Waals surface area (Å²) in [4.78, 5) is 95.4. The van der Waals surface area contributed by atoms with Crippen LogP contribution in [0.2, 0.25) is 0 Å². The van der Waals surface area contributed by atoms with Gasteiger partial charge in [0, 0.05) is 13.0 Å². The lowest BCUT2D eigenvalue weighted by molar-refractivity contribution is -0.142. The number of nitrogens with one attached hydrogen (secondary N) is 6. The van der Waals surface area contributed by atoms with E-state index in [9.17, 15) is 43.8 Å². The van der Waals surface area contributed by atoms with Gasteiger partial charge in [0.2, 0.25) is 35.4 Å². The lowest BCUT2D eigenvalue weighted by atomic mass is 9.96. The van der Waals surface area contributed by atoms with Crippen molar-refractivity contribution in [2.45, 2.75) is 214 Å². The number of nitrogens with zero attached hydrogens (tertiary/aromatic N) is 1. The lowest BCUT2D eigenvalue weighted by Gasteiger charge is -2.28. The summed E-state index contributed by atoms with van der Waals surface area (Å²) in [5.41, 5.74) is 10.8. The number of hydrogen-bond donors (Lipinski definition) is 10. The molecule has 0 aliphatic rings. The highest BCUT2D eigenvalue weighted by Crippen LogP contribution is 2.15. The summed E-state index contributed by atoms with van der Waals surface area (Å²) in [7, 11) is 0. The van der Waals surface area contributed by atoms with Gasteiger partial charge in [0.1, 0.15) is 30.2 Å². The molecule has 376 valence electrons. The van der Waals surface area contributed by atoms with Gasteiger partial charge in [0.05, 0.1) is 13.2 Å². The van der Waals surface area contributed by atoms with E-state index in [2.05, 4.69) is 43.8 Å². The average Bonchev–Trinajstić information content (AvgIpc) is 3.24. The zero-order valence-electron chi connectivity index (χ0n) is 40.9. The second-order valence-corrected chi connectivity index (χ2v) is 18.4. The number of guanidine groups is 1. The van der Waals surface area contributed by atoms with Crippen LogP contribution in [-0.4, -0.2) is 107 Å². The Hall–Kier alpha value is -4.48. The van der Waals surface area contributed by atoms with Crippen LogP contribution in [0.1, 0.15) is 183 Å². The maximum Gasteiger partial charge on any atom is 0.326 e. The third kappa shape index (κ3) is 30.4. The third-order valence-corrected chi connectivity index (χ3v) is 11.3. The van der Waals surface area contributed by atoms with Crippen molar-refractivity contribution in [1.82, 2.24) is 31.9 Å². The zero-order valence-corrected chi connectivity index (χ0v) is 40.9. The van der Waals surface area contributed by atoms with E-state index in [-0.39, 0.29) is 62.4 Å². The van der Waals surface area contributed by atoms with Crippen molar-refractivity contribution in [3.63, 3.8) is 0 Å². The maximum atomic E-state index is 13.7. The summed E-state index contributed by atoms with van der Waals surface area (Å²) in [6, 6.07) is -5.88. The molecule has 6 amide bonds. The smallest absolute Gasteiger partial charge is 0.326 e. The lowest BCUT2D eigenvalue weighted by Crippen LogP contribution is -2.59. The molecule has 18 heteroatoms. The molecular formula is C47H89N9O9. The van der Waals surface area contributed by atoms with E-state index in [1.54, 1.807) is 6.92 Å². The molecule has 0 heterocycles. The summed E-state index contributed by atoms with van der Waals surface area (Å²) in [5, 5.41) is 35.2. The van der Waals surface area contributed by atoms with E-state index >= 15 is 0 Å². The monoisotopic (exact) mass is 924 g/mol. The fourth-order valence-corrected chi connectivity index (χ4v) is 7.31. The standard InChI is InChI=1S/C47H89N9O9/c1-8-10-11-12-13-14-15-16-17-18-19-20-21-22-23-26-39(58)53-38(31-57)44(62)54-36(28-32(3)4)43(61)56-41(34(7)9-2)45(63)51-30-40(59)52-35(25-24-27-50-47(48)49)42(60)55-37(46(64)65)29-33(5)6/h32-38,41,57H,8-31H2,1-7H3,(H,51,63)(H,52,59)(H,53,58)(H,54,62)(H,55,60)(H,56,61)(H,64,65)(H4,48,49,50)/t34-,35-,36-,37-,38-,41-/m0/s1. The van der Waals surface area contributed by atoms with Crippen LogP contribution in [0.25, 0.3) is 0 Å². The number of carboxylic acids is 1. The molecule has 6 atom stereocenters. The van der Waals surface area contributed by atoms with Gasteiger partial charge in [-0.05, 0) is 49.9 Å². The predicted molar refractivity (Wildman–Crippen MR) is 255 cm³/mol. The average molecular weight is 924 g/mol. The van der Waals surface area contributed by atoms with Crippen LogP contribution in [0, 0.1) is 17.8 Å². The van der Waals surface area contributed by atoms with Crippen LogP contribution in [0.4, 0.5) is 0 Å². The zero-order chi connectivity index (χ0) is 49.2. The quantitative estimate of drug-likeness (QED) is 0.0238. The number of aliphatic imine (C=N–C) groups is 1. The van der Waals surface area contributed by atoms with Gasteiger partial charge in [-0.1, -0.05) is 145 Å². The molecule has 0 bridgehead atoms. The van der Waals surface area contributed by atoms with Gasteiger partial charge in [0.25, 0.3) is 0 Å². The van der Waals surface area contributed by atoms with Crippen LogP contribution in [0.15, 0.2) is 4.99 Å². The SMILES string of the molecule is CCCCCCCCCCCCCCCCCC(=O)N[C@@H](CO)C(=O)N[C@@H](CC(C)C)C(=O)N[C@H](C(=O)NCC(=O)N[C@@H](CCCN=C(N)N)C(=O)N[C@@H](CC(C)C)C(=O)O)[C@@H](C)CC. The van der Waals surface area contributed by atoms with Crippen molar-refractivity contribution in [1.29, 1.82) is 0 Å². The Kier molecular flexibility index (Phi) is 34.2. The van der Waals surface area contributed by atoms with Gasteiger partial charge in [0.15, 0.2) is 5.96 Å². The van der Waals surface area contributed by atoms with Gasteiger partial charge in [-0.3, -0.25) is 33.8 Å². The molecule has 0 saturated heterocycles. The second kappa shape index (κ2) is 36.7. The van der Waals surface area contributed by atoms with Crippen LogP contribution < -0.4 is 43.4 Å². The fourth-order valence-electron chi connectivity index (χ4n) is 7.31. The Morgan fingerprint density at radius 3 is 1.48 bits per heavy atom. The Morgan fingerprint density at radius 1 is 0.538 bits per heavy atom. The topological polar surface area (TPSA) is 297 Å². The number of carbonyl (C=O) groups excluding carboxylic acids is 6. The van der Waals surface area contributed by atoms with Crippen LogP contribution >= 0.6 is 0 Å². The largest absolute Gasteiger partial charge is 0.480 e. The van der Waals surface area contributed by atoms with Crippen LogP contribution in [0.3, 0.4) is 0 Å². The minimum absolute atomic E-state index is 0.0409. The Balaban J connectivity index is 5.30. The molecule has 0 radical (unpaired) electrons. The van der Waals surface area contributed by atoms with Crippen molar-refractivity contribution in [3.8, 4) is 0 Å². The van der Waals surface area contributed by atoms with Gasteiger partial charge in [-0.2, -0.15) is 0 Å². The molecule has 0 aromatic rings. The van der Waals surface area contributed by atoms with E-state index in [0.29, 0.717) is 12.8 Å². The number of unbranched alkanes of at least 4 members (excludes halogenated alkanes) is 14. The summed E-state index contributed by atoms with van der Waals surface area (Å²) >= 11 is 0. The first kappa shape index (κ1) is 60.5. The van der Waals surface area contributed by atoms with Crippen LogP contribution in [-0.2, 0) is 33.6 Å². The summed E-state index contributed by atoms with van der Waals surface area (Å²) in [6.45, 7) is 12.0. The number of aliphatic hydroxyl groups excluding tert-OH is 1. The van der Waals surface area contributed by atoms with Gasteiger partial charge in [-0.15, -0.1) is 0 Å². The van der Waals surface area contributed by atoms with Crippen molar-refractivity contribution in [3.05, 3.63) is 0 Å². The molecule has 12 N–H and O–H groups in total. The number of rotatable bonds is 39. The number of carbonyl (C=O) groups is 7. The van der Waals surface area contributed by atoms with E-state index in [1.165, 1.54) is 70.6 Å². The first-order valence-electron chi connectivity index (χ1n) is 24.5. The number of hydrogen-bond acceptors (Lipinski definition) is 9. The van der Waals surface area contributed by atoms with Crippen molar-refractivity contribution >= 4 is 47.4 Å². The van der Waals surface area contributed by atoms with Gasteiger partial charge >= 0.3 is 5.97 Å². The summed E-state index contributed by atoms with van der Waals surface area (Å²) < 4.78 is 0. The van der Waals surface area contributed by atoms with E-state index in [4.69, 9.17) is 11.5 Å². The van der Waals surface area contributed by atoms with Crippen molar-refractivity contribution in [2.75, 3.05) is 19.7 Å². The number of amides is 6. The summed E-state index contributed by atoms with van der Waals surface area (Å²) in [5.74, 6) is -5.83. The molecule has 0 aliphatic heterocycles. The van der Waals surface area contributed by atoms with Crippen LogP contribution in [0.5, 0.6) is 0 Å². The van der Waals surface area contributed by atoms with Gasteiger partial charge in [-0.25, -0.2) is 4.79 Å². The molecule has 0 saturated carbocycles. The number of aliphatic hydroxyl groups is 1. The highest BCUT2D eigenvalue weighted by Gasteiger charge is 2.33. The highest BCUT2D eigenvalue weighted by atomic mass is 16.4. The molecule has 0 unspecified atom stereocenters. The normalized spacial score (nSPS) is 14.0. The number of nitrogens with two attached hydrogens (primary N) is 2. The van der Waals surface area contributed by atoms with E-state index in [1.807, 2.05) is 34.6 Å². The van der Waals surface area contributed by atoms with Crippen molar-refractivity contribution < 1.29 is 43.8 Å². The van der Waals surface area contributed by atoms with E-state index in [0.717, 1.165) is 19.3 Å². The predicted octanol–water partition coefficient (Wildman–Crippen LogP) is 4.06. The molecule has 65 heavy (non-hydrogen) atoms. The minimum atomic E-state index is -1.28. The molecule has 0 spiro atoms. The molecule has 0 rings (SSSR count).